The van der Waals surface area contributed by atoms with Crippen molar-refractivity contribution in [2.75, 3.05) is 10.2 Å². The number of ketones is 1. The number of anilines is 3. The number of rotatable bonds is 5. The van der Waals surface area contributed by atoms with E-state index < -0.39 is 17.7 Å². The normalized spacial score (nSPS) is 16.7. The van der Waals surface area contributed by atoms with Gasteiger partial charge in [-0.25, -0.2) is 0 Å². The Morgan fingerprint density at radius 3 is 2.14 bits per heavy atom. The van der Waals surface area contributed by atoms with Gasteiger partial charge in [-0.15, -0.1) is 0 Å². The topological polar surface area (TPSA) is 89.9 Å². The Labute approximate surface area is 215 Å². The van der Waals surface area contributed by atoms with Gasteiger partial charge in [0, 0.05) is 22.6 Å². The van der Waals surface area contributed by atoms with Crippen LogP contribution < -0.4 is 10.2 Å². The van der Waals surface area contributed by atoms with Crippen LogP contribution in [0.5, 0.6) is 5.75 Å². The molecule has 1 aliphatic rings. The van der Waals surface area contributed by atoms with Gasteiger partial charge in [-0.1, -0.05) is 48.0 Å². The number of hydrogen-bond donors (Lipinski definition) is 3. The monoisotopic (exact) mass is 490 g/mol. The molecule has 0 spiro atoms. The number of aryl methyl sites for hydroxylation is 2. The number of para-hydroxylation sites is 1. The van der Waals surface area contributed by atoms with Crippen molar-refractivity contribution >= 4 is 34.5 Å². The van der Waals surface area contributed by atoms with E-state index in [9.17, 15) is 19.8 Å². The number of aliphatic hydroxyl groups is 1. The smallest absolute Gasteiger partial charge is 0.300 e. The average Bonchev–Trinajstić information content (AvgIpc) is 3.17. The molecule has 4 aromatic rings. The summed E-state index contributed by atoms with van der Waals surface area (Å²) in [5.74, 6) is -1.65. The molecule has 1 atom stereocenters. The zero-order chi connectivity index (χ0) is 26.1. The van der Waals surface area contributed by atoms with E-state index in [1.54, 1.807) is 30.3 Å². The highest BCUT2D eigenvalue weighted by Crippen LogP contribution is 2.43. The Balaban J connectivity index is 1.61. The number of benzene rings is 4. The number of nitrogens with zero attached hydrogens (tertiary/aromatic N) is 1. The third kappa shape index (κ3) is 4.57. The predicted molar refractivity (Wildman–Crippen MR) is 145 cm³/mol. The fourth-order valence-corrected chi connectivity index (χ4v) is 4.60. The first-order valence-corrected chi connectivity index (χ1v) is 11.9. The number of aliphatic hydroxyl groups excluding tert-OH is 1. The largest absolute Gasteiger partial charge is 0.508 e. The molecule has 6 heteroatoms. The summed E-state index contributed by atoms with van der Waals surface area (Å²) in [5.41, 5.74) is 5.07. The second-order valence-electron chi connectivity index (χ2n) is 9.12. The SMILES string of the molecule is Cc1ccc(C)c(/C(O)=C2\C(=O)C(=O)N(c3ccc(Nc4ccccc4)cc3)C2c2ccc(O)cc2)c1. The lowest BCUT2D eigenvalue weighted by Crippen LogP contribution is -2.29. The van der Waals surface area contributed by atoms with E-state index in [0.29, 0.717) is 16.8 Å². The molecule has 1 amide bonds. The standard InChI is InChI=1S/C31H26N2O4/c1-19-8-9-20(2)26(18-19)29(35)27-28(21-10-16-25(34)17-11-21)33(31(37)30(27)36)24-14-12-23(13-15-24)32-22-6-4-3-5-7-22/h3-18,28,32,34-35H,1-2H3/b29-27+. The van der Waals surface area contributed by atoms with E-state index in [4.69, 9.17) is 0 Å². The molecule has 0 aliphatic carbocycles. The van der Waals surface area contributed by atoms with E-state index in [1.165, 1.54) is 17.0 Å². The number of hydrogen-bond acceptors (Lipinski definition) is 5. The van der Waals surface area contributed by atoms with Crippen LogP contribution in [0.4, 0.5) is 17.1 Å². The van der Waals surface area contributed by atoms with Crippen LogP contribution >= 0.6 is 0 Å². The third-order valence-electron chi connectivity index (χ3n) is 6.51. The summed E-state index contributed by atoms with van der Waals surface area (Å²) < 4.78 is 0. The van der Waals surface area contributed by atoms with Crippen LogP contribution in [0.15, 0.2) is 103 Å². The van der Waals surface area contributed by atoms with Gasteiger partial charge in [0.1, 0.15) is 11.5 Å². The second-order valence-corrected chi connectivity index (χ2v) is 9.12. The van der Waals surface area contributed by atoms with Gasteiger partial charge in [-0.2, -0.15) is 0 Å². The van der Waals surface area contributed by atoms with Gasteiger partial charge >= 0.3 is 0 Å². The maximum absolute atomic E-state index is 13.4. The van der Waals surface area contributed by atoms with Crippen molar-refractivity contribution in [3.63, 3.8) is 0 Å². The van der Waals surface area contributed by atoms with Gasteiger partial charge in [0.25, 0.3) is 11.7 Å². The predicted octanol–water partition coefficient (Wildman–Crippen LogP) is 6.38. The van der Waals surface area contributed by atoms with Gasteiger partial charge < -0.3 is 15.5 Å². The lowest BCUT2D eigenvalue weighted by molar-refractivity contribution is -0.132. The van der Waals surface area contributed by atoms with Crippen LogP contribution in [0.1, 0.15) is 28.3 Å². The molecule has 1 saturated heterocycles. The summed E-state index contributed by atoms with van der Waals surface area (Å²) >= 11 is 0. The molecule has 1 aliphatic heterocycles. The number of Topliss-reactive ketones (excluding diaryl/α,β-unsaturated/α-hetero) is 1. The highest BCUT2D eigenvalue weighted by Gasteiger charge is 2.47. The molecular weight excluding hydrogens is 464 g/mol. The third-order valence-corrected chi connectivity index (χ3v) is 6.51. The molecule has 5 rings (SSSR count). The molecular formula is C31H26N2O4. The molecule has 1 heterocycles. The van der Waals surface area contributed by atoms with Crippen molar-refractivity contribution in [3.05, 3.63) is 125 Å². The molecule has 4 aromatic carbocycles. The van der Waals surface area contributed by atoms with E-state index >= 15 is 0 Å². The van der Waals surface area contributed by atoms with Crippen molar-refractivity contribution in [2.45, 2.75) is 19.9 Å². The lowest BCUT2D eigenvalue weighted by atomic mass is 9.93. The van der Waals surface area contributed by atoms with Crippen LogP contribution in [-0.2, 0) is 9.59 Å². The molecule has 1 fully saturated rings. The molecule has 1 unspecified atom stereocenters. The first kappa shape index (κ1) is 23.9. The van der Waals surface area contributed by atoms with Gasteiger partial charge in [0.2, 0.25) is 0 Å². The molecule has 0 bridgehead atoms. The van der Waals surface area contributed by atoms with Gasteiger partial charge in [-0.3, -0.25) is 14.5 Å². The number of amides is 1. The molecule has 6 nitrogen and oxygen atoms in total. The Morgan fingerprint density at radius 2 is 1.46 bits per heavy atom. The Kier molecular flexibility index (Phi) is 6.24. The van der Waals surface area contributed by atoms with E-state index in [-0.39, 0.29) is 17.1 Å². The number of phenolic OH excluding ortho intramolecular Hbond substituents is 1. The minimum absolute atomic E-state index is 0.0101. The average molecular weight is 491 g/mol. The minimum atomic E-state index is -0.867. The molecule has 0 aromatic heterocycles. The van der Waals surface area contributed by atoms with Crippen molar-refractivity contribution < 1.29 is 19.8 Å². The maximum Gasteiger partial charge on any atom is 0.300 e. The number of phenols is 1. The zero-order valence-electron chi connectivity index (χ0n) is 20.5. The van der Waals surface area contributed by atoms with Crippen LogP contribution in [0.25, 0.3) is 5.76 Å². The summed E-state index contributed by atoms with van der Waals surface area (Å²) in [4.78, 5) is 28.2. The van der Waals surface area contributed by atoms with Gasteiger partial charge in [0.05, 0.1) is 11.6 Å². The summed E-state index contributed by atoms with van der Waals surface area (Å²) in [6.45, 7) is 3.75. The van der Waals surface area contributed by atoms with Gasteiger partial charge in [-0.05, 0) is 79.6 Å². The summed E-state index contributed by atoms with van der Waals surface area (Å²) in [6, 6.07) is 27.9. The number of nitrogens with one attached hydrogen (secondary N) is 1. The molecule has 0 radical (unpaired) electrons. The van der Waals surface area contributed by atoms with Crippen molar-refractivity contribution in [2.24, 2.45) is 0 Å². The Morgan fingerprint density at radius 1 is 0.811 bits per heavy atom. The first-order valence-electron chi connectivity index (χ1n) is 11.9. The van der Waals surface area contributed by atoms with Crippen LogP contribution in [0.2, 0.25) is 0 Å². The number of aromatic hydroxyl groups is 1. The van der Waals surface area contributed by atoms with Crippen LogP contribution in [0.3, 0.4) is 0 Å². The van der Waals surface area contributed by atoms with E-state index in [2.05, 4.69) is 5.32 Å². The summed E-state index contributed by atoms with van der Waals surface area (Å²) in [6.07, 6.45) is 0. The highest BCUT2D eigenvalue weighted by molar-refractivity contribution is 6.51. The van der Waals surface area contributed by atoms with E-state index in [0.717, 1.165) is 22.5 Å². The van der Waals surface area contributed by atoms with Gasteiger partial charge in [0.15, 0.2) is 0 Å². The summed E-state index contributed by atoms with van der Waals surface area (Å²) in [5, 5.41) is 24.5. The fraction of sp³-hybridized carbons (Fsp3) is 0.0968. The van der Waals surface area contributed by atoms with Crippen molar-refractivity contribution in [1.82, 2.24) is 0 Å². The van der Waals surface area contributed by atoms with Crippen LogP contribution in [-0.4, -0.2) is 21.9 Å². The number of carbonyl (C=O) groups is 2. The summed E-state index contributed by atoms with van der Waals surface area (Å²) in [7, 11) is 0. The highest BCUT2D eigenvalue weighted by atomic mass is 16.3. The van der Waals surface area contributed by atoms with Crippen molar-refractivity contribution in [1.29, 1.82) is 0 Å². The molecule has 3 N–H and O–H groups in total. The van der Waals surface area contributed by atoms with Crippen LogP contribution in [0, 0.1) is 13.8 Å². The Bertz CT molecular complexity index is 1510. The minimum Gasteiger partial charge on any atom is -0.508 e. The molecule has 184 valence electrons. The Hall–Kier alpha value is -4.84. The number of carbonyl (C=O) groups excluding carboxylic acids is 2. The fourth-order valence-electron chi connectivity index (χ4n) is 4.60. The molecule has 37 heavy (non-hydrogen) atoms. The first-order chi connectivity index (χ1) is 17.8. The maximum atomic E-state index is 13.4. The van der Waals surface area contributed by atoms with E-state index in [1.807, 2.05) is 68.4 Å². The zero-order valence-corrected chi connectivity index (χ0v) is 20.5. The van der Waals surface area contributed by atoms with Crippen molar-refractivity contribution in [3.8, 4) is 5.75 Å². The lowest BCUT2D eigenvalue weighted by Gasteiger charge is -2.26. The second kappa shape index (κ2) is 9.66. The molecule has 0 saturated carbocycles. The quantitative estimate of drug-likeness (QED) is 0.172.